The number of hydrogen-bond donors (Lipinski definition) is 1. The van der Waals surface area contributed by atoms with Crippen LogP contribution in [-0.2, 0) is 4.74 Å². The molecule has 0 rings (SSSR count). The average molecular weight is 204 g/mol. The van der Waals surface area contributed by atoms with Gasteiger partial charge in [0.1, 0.15) is 0 Å². The van der Waals surface area contributed by atoms with Gasteiger partial charge in [0.2, 0.25) is 0 Å². The molecule has 1 nitrogen and oxygen atoms in total. The van der Waals surface area contributed by atoms with Crippen molar-refractivity contribution in [3.63, 3.8) is 0 Å². The van der Waals surface area contributed by atoms with E-state index in [1.165, 1.54) is 0 Å². The van der Waals surface area contributed by atoms with E-state index in [1.54, 1.807) is 0 Å². The van der Waals surface area contributed by atoms with Gasteiger partial charge >= 0.3 is 0 Å². The van der Waals surface area contributed by atoms with Crippen molar-refractivity contribution in [2.45, 2.75) is 47.1 Å². The van der Waals surface area contributed by atoms with E-state index >= 15 is 0 Å². The van der Waals surface area contributed by atoms with Gasteiger partial charge in [-0.3, -0.25) is 0 Å². The summed E-state index contributed by atoms with van der Waals surface area (Å²) in [5.74, 6) is 1.45. The van der Waals surface area contributed by atoms with E-state index in [0.717, 1.165) is 18.8 Å². The Bertz CT molecular complexity index is 129. The highest BCUT2D eigenvalue weighted by Gasteiger charge is 2.23. The van der Waals surface area contributed by atoms with Crippen LogP contribution in [0.5, 0.6) is 0 Å². The molecule has 2 unspecified atom stereocenters. The molecule has 0 aromatic heterocycles. The van der Waals surface area contributed by atoms with Crippen LogP contribution in [0.4, 0.5) is 0 Å². The van der Waals surface area contributed by atoms with E-state index in [0.29, 0.717) is 17.4 Å². The monoisotopic (exact) mass is 204 g/mol. The zero-order chi connectivity index (χ0) is 10.5. The lowest BCUT2D eigenvalue weighted by Gasteiger charge is -2.30. The minimum atomic E-state index is 0.301. The summed E-state index contributed by atoms with van der Waals surface area (Å²) in [6.45, 7) is 11.8. The molecule has 0 radical (unpaired) electrons. The summed E-state index contributed by atoms with van der Waals surface area (Å²) in [6, 6.07) is 0. The van der Waals surface area contributed by atoms with Gasteiger partial charge in [0.25, 0.3) is 0 Å². The second-order valence-corrected chi connectivity index (χ2v) is 5.16. The van der Waals surface area contributed by atoms with Gasteiger partial charge in [-0.2, -0.15) is 12.6 Å². The molecule has 0 aromatic carbocycles. The summed E-state index contributed by atoms with van der Waals surface area (Å²) in [5.41, 5.74) is 0.301. The van der Waals surface area contributed by atoms with Crippen LogP contribution in [0.15, 0.2) is 0 Å². The third kappa shape index (κ3) is 5.58. The van der Waals surface area contributed by atoms with Gasteiger partial charge in [0.15, 0.2) is 0 Å². The molecule has 0 aliphatic heterocycles. The first-order chi connectivity index (χ1) is 5.91. The minimum absolute atomic E-state index is 0.301. The van der Waals surface area contributed by atoms with Crippen molar-refractivity contribution in [3.8, 4) is 0 Å². The normalized spacial score (nSPS) is 17.1. The number of rotatable bonds is 5. The van der Waals surface area contributed by atoms with E-state index < -0.39 is 0 Å². The molecule has 0 fully saturated rings. The first kappa shape index (κ1) is 13.3. The lowest BCUT2D eigenvalue weighted by molar-refractivity contribution is 0.0169. The fourth-order valence-electron chi connectivity index (χ4n) is 0.975. The largest absolute Gasteiger partial charge is 0.378 e. The minimum Gasteiger partial charge on any atom is -0.378 e. The summed E-state index contributed by atoms with van der Waals surface area (Å²) in [4.78, 5) is 0. The molecule has 0 bridgehead atoms. The van der Waals surface area contributed by atoms with Crippen molar-refractivity contribution in [3.05, 3.63) is 0 Å². The fraction of sp³-hybridized carbons (Fsp3) is 1.00. The van der Waals surface area contributed by atoms with Crippen LogP contribution in [-0.4, -0.2) is 18.5 Å². The topological polar surface area (TPSA) is 9.23 Å². The third-order valence-corrected chi connectivity index (χ3v) is 3.04. The maximum atomic E-state index is 5.72. The van der Waals surface area contributed by atoms with Gasteiger partial charge in [-0.1, -0.05) is 27.7 Å². The van der Waals surface area contributed by atoms with Crippen LogP contribution >= 0.6 is 12.6 Å². The number of ether oxygens (including phenoxy) is 1. The Labute approximate surface area is 88.7 Å². The fourth-order valence-corrected chi connectivity index (χ4v) is 1.63. The predicted molar refractivity (Wildman–Crippen MR) is 62.5 cm³/mol. The highest BCUT2D eigenvalue weighted by molar-refractivity contribution is 7.80. The summed E-state index contributed by atoms with van der Waals surface area (Å²) in [7, 11) is 0. The van der Waals surface area contributed by atoms with Crippen molar-refractivity contribution >= 4 is 12.6 Å². The molecule has 0 N–H and O–H groups in total. The summed E-state index contributed by atoms with van der Waals surface area (Å²) in [5, 5.41) is 0. The summed E-state index contributed by atoms with van der Waals surface area (Å²) < 4.78 is 5.72. The second kappa shape index (κ2) is 5.92. The second-order valence-electron chi connectivity index (χ2n) is 4.80. The van der Waals surface area contributed by atoms with E-state index in [4.69, 9.17) is 4.74 Å². The first-order valence-electron chi connectivity index (χ1n) is 5.14. The van der Waals surface area contributed by atoms with Crippen molar-refractivity contribution in [1.82, 2.24) is 0 Å². The molecule has 2 atom stereocenters. The molecule has 0 aromatic rings. The summed E-state index contributed by atoms with van der Waals surface area (Å²) in [6.07, 6.45) is 1.47. The predicted octanol–water partition coefficient (Wildman–Crippen LogP) is 3.39. The van der Waals surface area contributed by atoms with Crippen LogP contribution in [0.25, 0.3) is 0 Å². The van der Waals surface area contributed by atoms with Gasteiger partial charge in [-0.15, -0.1) is 0 Å². The lowest BCUT2D eigenvalue weighted by atomic mass is 9.82. The molecule has 2 heteroatoms. The van der Waals surface area contributed by atoms with E-state index in [-0.39, 0.29) is 0 Å². The highest BCUT2D eigenvalue weighted by atomic mass is 32.1. The Morgan fingerprint density at radius 2 is 1.85 bits per heavy atom. The molecule has 0 aliphatic rings. The Morgan fingerprint density at radius 1 is 1.31 bits per heavy atom. The van der Waals surface area contributed by atoms with Crippen LogP contribution in [0.2, 0.25) is 0 Å². The van der Waals surface area contributed by atoms with Gasteiger partial charge in [0.05, 0.1) is 12.7 Å². The Balaban J connectivity index is 3.86. The van der Waals surface area contributed by atoms with Crippen molar-refractivity contribution in [1.29, 1.82) is 0 Å². The lowest BCUT2D eigenvalue weighted by Crippen LogP contribution is -2.28. The zero-order valence-corrected chi connectivity index (χ0v) is 10.5. The van der Waals surface area contributed by atoms with Gasteiger partial charge < -0.3 is 4.74 Å². The highest BCUT2D eigenvalue weighted by Crippen LogP contribution is 2.27. The standard InChI is InChI=1S/C11H24OS/c1-6-9(2)12-7-10(8-13)11(3,4)5/h9-10,13H,6-8H2,1-5H3. The van der Waals surface area contributed by atoms with Gasteiger partial charge in [-0.05, 0) is 30.4 Å². The van der Waals surface area contributed by atoms with Crippen molar-refractivity contribution in [2.75, 3.05) is 12.4 Å². The van der Waals surface area contributed by atoms with E-state index in [9.17, 15) is 0 Å². The van der Waals surface area contributed by atoms with Crippen LogP contribution in [0, 0.1) is 11.3 Å². The molecule has 0 amide bonds. The number of hydrogen-bond acceptors (Lipinski definition) is 2. The number of thiol groups is 1. The first-order valence-corrected chi connectivity index (χ1v) is 5.77. The van der Waals surface area contributed by atoms with Gasteiger partial charge in [-0.25, -0.2) is 0 Å². The van der Waals surface area contributed by atoms with E-state index in [2.05, 4.69) is 47.2 Å². The SMILES string of the molecule is CCC(C)OCC(CS)C(C)(C)C. The zero-order valence-electron chi connectivity index (χ0n) is 9.63. The molecular formula is C11H24OS. The molecule has 0 heterocycles. The Hall–Kier alpha value is 0.310. The van der Waals surface area contributed by atoms with Crippen LogP contribution < -0.4 is 0 Å². The van der Waals surface area contributed by atoms with Crippen molar-refractivity contribution in [2.24, 2.45) is 11.3 Å². The molecule has 0 aliphatic carbocycles. The average Bonchev–Trinajstić information content (AvgIpc) is 2.02. The summed E-state index contributed by atoms with van der Waals surface area (Å²) >= 11 is 4.36. The van der Waals surface area contributed by atoms with Gasteiger partial charge in [0, 0.05) is 0 Å². The van der Waals surface area contributed by atoms with E-state index in [1.807, 2.05) is 0 Å². The molecule has 0 saturated carbocycles. The molecule has 80 valence electrons. The third-order valence-electron chi connectivity index (χ3n) is 2.60. The van der Waals surface area contributed by atoms with Crippen molar-refractivity contribution < 1.29 is 4.74 Å². The quantitative estimate of drug-likeness (QED) is 0.675. The molecule has 13 heavy (non-hydrogen) atoms. The maximum Gasteiger partial charge on any atom is 0.0544 e. The molecule has 0 spiro atoms. The Morgan fingerprint density at radius 3 is 2.15 bits per heavy atom. The maximum absolute atomic E-state index is 5.72. The molecular weight excluding hydrogens is 180 g/mol. The van der Waals surface area contributed by atoms with Crippen LogP contribution in [0.3, 0.4) is 0 Å². The van der Waals surface area contributed by atoms with Crippen LogP contribution in [0.1, 0.15) is 41.0 Å². The Kier molecular flexibility index (Phi) is 6.06. The molecule has 0 saturated heterocycles. The smallest absolute Gasteiger partial charge is 0.0544 e.